The summed E-state index contributed by atoms with van der Waals surface area (Å²) in [6.07, 6.45) is 2.09. The molecular weight excluding hydrogens is 434 g/mol. The number of sulfonamides is 1. The molecule has 9 nitrogen and oxygen atoms in total. The van der Waals surface area contributed by atoms with Gasteiger partial charge >= 0.3 is 0 Å². The summed E-state index contributed by atoms with van der Waals surface area (Å²) in [5, 5.41) is 2.79. The summed E-state index contributed by atoms with van der Waals surface area (Å²) in [5.74, 6) is -1.03. The number of ether oxygens (including phenoxy) is 1. The number of hydrogen-bond donors (Lipinski definition) is 2. The van der Waals surface area contributed by atoms with E-state index < -0.39 is 15.9 Å². The van der Waals surface area contributed by atoms with Crippen LogP contribution in [-0.4, -0.2) is 45.4 Å². The molecule has 1 unspecified atom stereocenters. The predicted molar refractivity (Wildman–Crippen MR) is 117 cm³/mol. The molecule has 0 spiro atoms. The molecule has 2 fully saturated rings. The lowest BCUT2D eigenvalue weighted by molar-refractivity contribution is -0.121. The summed E-state index contributed by atoms with van der Waals surface area (Å²) in [4.78, 5) is 37.4. The number of nitrogens with one attached hydrogen (secondary N) is 2. The Bertz CT molecular complexity index is 1120. The molecule has 32 heavy (non-hydrogen) atoms. The maximum atomic E-state index is 12.9. The Morgan fingerprint density at radius 2 is 1.72 bits per heavy atom. The van der Waals surface area contributed by atoms with E-state index in [1.807, 2.05) is 0 Å². The largest absolute Gasteiger partial charge is 0.376 e. The highest BCUT2D eigenvalue weighted by molar-refractivity contribution is 7.92. The van der Waals surface area contributed by atoms with Crippen molar-refractivity contribution in [2.45, 2.75) is 36.7 Å². The first-order valence-electron chi connectivity index (χ1n) is 10.3. The van der Waals surface area contributed by atoms with Gasteiger partial charge in [0.15, 0.2) is 0 Å². The van der Waals surface area contributed by atoms with Gasteiger partial charge < -0.3 is 10.1 Å². The number of carbonyl (C=O) groups is 3. The van der Waals surface area contributed by atoms with Crippen molar-refractivity contribution in [1.29, 1.82) is 0 Å². The first kappa shape index (κ1) is 22.0. The average Bonchev–Trinajstić information content (AvgIpc) is 3.42. The molecule has 0 radical (unpaired) electrons. The molecule has 2 aliphatic heterocycles. The van der Waals surface area contributed by atoms with Crippen molar-refractivity contribution in [2.75, 3.05) is 22.8 Å². The highest BCUT2D eigenvalue weighted by atomic mass is 32.2. The lowest BCUT2D eigenvalue weighted by atomic mass is 10.1. The van der Waals surface area contributed by atoms with Gasteiger partial charge in [0.1, 0.15) is 0 Å². The number of amides is 3. The van der Waals surface area contributed by atoms with Crippen LogP contribution in [0.25, 0.3) is 0 Å². The lowest BCUT2D eigenvalue weighted by Gasteiger charge is -2.16. The van der Waals surface area contributed by atoms with E-state index in [-0.39, 0.29) is 46.9 Å². The normalized spacial score (nSPS) is 18.8. The number of para-hydroxylation sites is 1. The van der Waals surface area contributed by atoms with Gasteiger partial charge in [-0.15, -0.1) is 0 Å². The Morgan fingerprint density at radius 3 is 2.38 bits per heavy atom. The quantitative estimate of drug-likeness (QED) is 0.614. The number of hydrogen-bond acceptors (Lipinski definition) is 6. The molecule has 2 aliphatic rings. The molecule has 2 saturated heterocycles. The van der Waals surface area contributed by atoms with Crippen LogP contribution < -0.4 is 14.9 Å². The second-order valence-electron chi connectivity index (χ2n) is 7.61. The van der Waals surface area contributed by atoms with Gasteiger partial charge in [0, 0.05) is 26.0 Å². The number of rotatable bonds is 7. The number of anilines is 2. The fraction of sp³-hybridized carbons (Fsp3) is 0.318. The van der Waals surface area contributed by atoms with Crippen LogP contribution >= 0.6 is 0 Å². The van der Waals surface area contributed by atoms with Gasteiger partial charge in [0.25, 0.3) is 15.9 Å². The summed E-state index contributed by atoms with van der Waals surface area (Å²) in [5.41, 5.74) is 0.663. The standard InChI is InChI=1S/C22H23N3O6S/c26-20-11-12-21(27)25(20)15-7-9-17(10-8-15)32(29,30)24-19-6-2-1-5-18(19)22(28)23-14-16-4-3-13-31-16/h1-2,5-10,16,24H,3-4,11-14H2,(H,23,28). The van der Waals surface area contributed by atoms with E-state index in [4.69, 9.17) is 4.74 Å². The zero-order valence-electron chi connectivity index (χ0n) is 17.2. The Labute approximate surface area is 185 Å². The van der Waals surface area contributed by atoms with Crippen molar-refractivity contribution >= 4 is 39.1 Å². The predicted octanol–water partition coefficient (Wildman–Crippen LogP) is 2.05. The van der Waals surface area contributed by atoms with Crippen LogP contribution in [0.3, 0.4) is 0 Å². The van der Waals surface area contributed by atoms with E-state index in [0.717, 1.165) is 17.7 Å². The summed E-state index contributed by atoms with van der Waals surface area (Å²) in [7, 11) is -4.01. The molecule has 2 aromatic rings. The Morgan fingerprint density at radius 1 is 1.03 bits per heavy atom. The topological polar surface area (TPSA) is 122 Å². The van der Waals surface area contributed by atoms with E-state index >= 15 is 0 Å². The van der Waals surface area contributed by atoms with Gasteiger partial charge in [-0.1, -0.05) is 12.1 Å². The van der Waals surface area contributed by atoms with Crippen molar-refractivity contribution in [3.05, 3.63) is 54.1 Å². The third kappa shape index (κ3) is 4.66. The minimum absolute atomic E-state index is 0.0318. The average molecular weight is 458 g/mol. The van der Waals surface area contributed by atoms with Crippen LogP contribution in [0.1, 0.15) is 36.0 Å². The summed E-state index contributed by atoms with van der Waals surface area (Å²) < 4.78 is 33.7. The SMILES string of the molecule is O=C(NCC1CCCO1)c1ccccc1NS(=O)(=O)c1ccc(N2C(=O)CCC2=O)cc1. The van der Waals surface area contributed by atoms with Crippen LogP contribution in [0.5, 0.6) is 0 Å². The Kier molecular flexibility index (Phi) is 6.24. The number of nitrogens with zero attached hydrogens (tertiary/aromatic N) is 1. The fourth-order valence-corrected chi connectivity index (χ4v) is 4.80. The molecule has 3 amide bonds. The first-order chi connectivity index (χ1) is 15.3. The summed E-state index contributed by atoms with van der Waals surface area (Å²) >= 11 is 0. The lowest BCUT2D eigenvalue weighted by Crippen LogP contribution is -2.32. The highest BCUT2D eigenvalue weighted by Gasteiger charge is 2.30. The van der Waals surface area contributed by atoms with Crippen LogP contribution in [-0.2, 0) is 24.3 Å². The minimum Gasteiger partial charge on any atom is -0.376 e. The van der Waals surface area contributed by atoms with Gasteiger partial charge in [-0.3, -0.25) is 24.0 Å². The smallest absolute Gasteiger partial charge is 0.261 e. The van der Waals surface area contributed by atoms with Crippen molar-refractivity contribution in [3.8, 4) is 0 Å². The summed E-state index contributed by atoms with van der Waals surface area (Å²) in [6.45, 7) is 1.03. The van der Waals surface area contributed by atoms with Crippen LogP contribution in [0, 0.1) is 0 Å². The third-order valence-electron chi connectivity index (χ3n) is 5.39. The second kappa shape index (κ2) is 9.09. The molecule has 10 heteroatoms. The zero-order chi connectivity index (χ0) is 22.7. The Hall–Kier alpha value is -3.24. The Balaban J connectivity index is 1.49. The summed E-state index contributed by atoms with van der Waals surface area (Å²) in [6, 6.07) is 11.8. The van der Waals surface area contributed by atoms with Gasteiger partial charge in [-0.25, -0.2) is 8.42 Å². The van der Waals surface area contributed by atoms with Crippen LogP contribution in [0.15, 0.2) is 53.4 Å². The molecule has 168 valence electrons. The van der Waals surface area contributed by atoms with Gasteiger partial charge in [0.2, 0.25) is 11.8 Å². The monoisotopic (exact) mass is 457 g/mol. The molecule has 0 saturated carbocycles. The molecule has 2 heterocycles. The van der Waals surface area contributed by atoms with Gasteiger partial charge in [-0.2, -0.15) is 0 Å². The van der Waals surface area contributed by atoms with E-state index in [0.29, 0.717) is 18.8 Å². The number of imide groups is 1. The minimum atomic E-state index is -4.01. The van der Waals surface area contributed by atoms with E-state index in [9.17, 15) is 22.8 Å². The maximum absolute atomic E-state index is 12.9. The van der Waals surface area contributed by atoms with Gasteiger partial charge in [0.05, 0.1) is 27.9 Å². The van der Waals surface area contributed by atoms with Crippen LogP contribution in [0.4, 0.5) is 11.4 Å². The van der Waals surface area contributed by atoms with Crippen molar-refractivity contribution in [3.63, 3.8) is 0 Å². The zero-order valence-corrected chi connectivity index (χ0v) is 18.1. The van der Waals surface area contributed by atoms with Crippen LogP contribution in [0.2, 0.25) is 0 Å². The molecule has 0 aliphatic carbocycles. The fourth-order valence-electron chi connectivity index (χ4n) is 3.72. The molecule has 2 aromatic carbocycles. The number of benzene rings is 2. The molecule has 4 rings (SSSR count). The first-order valence-corrected chi connectivity index (χ1v) is 11.8. The molecule has 0 aromatic heterocycles. The molecule has 2 N–H and O–H groups in total. The van der Waals surface area contributed by atoms with Crippen molar-refractivity contribution < 1.29 is 27.5 Å². The highest BCUT2D eigenvalue weighted by Crippen LogP contribution is 2.26. The molecular formula is C22H23N3O6S. The van der Waals surface area contributed by atoms with E-state index in [2.05, 4.69) is 10.0 Å². The van der Waals surface area contributed by atoms with E-state index in [1.165, 1.54) is 36.4 Å². The van der Waals surface area contributed by atoms with Crippen molar-refractivity contribution in [1.82, 2.24) is 5.32 Å². The van der Waals surface area contributed by atoms with Gasteiger partial charge in [-0.05, 0) is 49.2 Å². The third-order valence-corrected chi connectivity index (χ3v) is 6.77. The molecule has 1 atom stereocenters. The second-order valence-corrected chi connectivity index (χ2v) is 9.30. The molecule has 0 bridgehead atoms. The maximum Gasteiger partial charge on any atom is 0.261 e. The van der Waals surface area contributed by atoms with Crippen molar-refractivity contribution in [2.24, 2.45) is 0 Å². The van der Waals surface area contributed by atoms with E-state index in [1.54, 1.807) is 12.1 Å². The number of carbonyl (C=O) groups excluding carboxylic acids is 3.